The number of rotatable bonds is 20. The maximum absolute atomic E-state index is 11.8. The molecule has 0 bridgehead atoms. The van der Waals surface area contributed by atoms with E-state index >= 15 is 0 Å². The number of aromatic nitrogens is 9. The number of hydrogen-bond donors (Lipinski definition) is 4. The summed E-state index contributed by atoms with van der Waals surface area (Å²) in [5, 5.41) is 4.36. The van der Waals surface area contributed by atoms with Crippen molar-refractivity contribution in [3.05, 3.63) is 62.9 Å². The number of amides is 1. The minimum atomic E-state index is -1.04. The van der Waals surface area contributed by atoms with Crippen molar-refractivity contribution in [3.8, 4) is 0 Å². The number of amidine groups is 1. The summed E-state index contributed by atoms with van der Waals surface area (Å²) >= 11 is 44.4. The number of aromatic amines is 1. The van der Waals surface area contributed by atoms with Gasteiger partial charge in [0.2, 0.25) is 6.08 Å². The Labute approximate surface area is 803 Å². The maximum atomic E-state index is 11.8. The Morgan fingerprint density at radius 2 is 0.929 bits per heavy atom. The van der Waals surface area contributed by atoms with Gasteiger partial charge in [0.25, 0.3) is 0 Å². The molecule has 0 aliphatic rings. The van der Waals surface area contributed by atoms with Crippen LogP contribution in [-0.4, -0.2) is 120 Å². The van der Waals surface area contributed by atoms with Gasteiger partial charge in [0, 0.05) is 96.3 Å². The zero-order valence-corrected chi connectivity index (χ0v) is 104. The second-order valence-corrected chi connectivity index (χ2v) is 154. The van der Waals surface area contributed by atoms with E-state index in [0.29, 0.717) is 100 Å². The van der Waals surface area contributed by atoms with E-state index in [1.54, 1.807) is 34.3 Å². The van der Waals surface area contributed by atoms with Crippen LogP contribution in [0.1, 0.15) is 170 Å². The molecule has 3 aromatic heterocycles. The van der Waals surface area contributed by atoms with Gasteiger partial charge in [-0.25, -0.2) is 47.5 Å². The Kier molecular flexibility index (Phi) is 177. The number of thioether (sulfide) groups is 4. The SMILES string of the molecule is C.C.CCC.CCCC.CCCCC.CCCCC.CCSC(N)=NPC.CCSc1nc(=O)[nH]c(=O)n1PC.CCSc1nc(=O)n(CC)c(=O)n1PC.CCSc1nc(=O)n(CC)c(=O)n1PC.CPNC(N)=S.I.II.II.II(I)I.I[I-]I.I[I-]I(I)I.O=C=NC(=O)Cl. The molecular formula is C49H107ClI17N14O8P5S5-2. The Morgan fingerprint density at radius 1 is 0.626 bits per heavy atom. The predicted molar refractivity (Wildman–Crippen MR) is 594 cm³/mol. The molecule has 50 heteroatoms. The molecule has 1 amide bonds. The molecule has 0 spiro atoms. The Bertz CT molecular complexity index is 2570. The van der Waals surface area contributed by atoms with Crippen LogP contribution in [0.25, 0.3) is 0 Å². The van der Waals surface area contributed by atoms with Crippen LogP contribution in [0.15, 0.2) is 54.0 Å². The predicted octanol–water partition coefficient (Wildman–Crippen LogP) is 19.2. The number of nitrogens with zero attached hydrogens (tertiary/aromatic N) is 10. The molecule has 5 atom stereocenters. The van der Waals surface area contributed by atoms with Gasteiger partial charge in [-0.3, -0.25) is 22.8 Å². The molecule has 0 aliphatic carbocycles. The van der Waals surface area contributed by atoms with Gasteiger partial charge in [0.05, 0.1) is 0 Å². The molecule has 3 rings (SSSR count). The minimum absolute atomic E-state index is 0. The van der Waals surface area contributed by atoms with Crippen LogP contribution in [-0.2, 0) is 17.9 Å². The van der Waals surface area contributed by atoms with Crippen molar-refractivity contribution >= 4 is 399 Å². The van der Waals surface area contributed by atoms with Gasteiger partial charge < -0.3 is 16.6 Å². The van der Waals surface area contributed by atoms with Gasteiger partial charge in [0.15, 0.2) is 25.7 Å². The Balaban J connectivity index is -0.0000000611. The molecule has 3 aromatic rings. The van der Waals surface area contributed by atoms with Crippen molar-refractivity contribution in [2.45, 2.75) is 198 Å². The van der Waals surface area contributed by atoms with Crippen LogP contribution in [0, 0.1) is 0 Å². The maximum Gasteiger partial charge on any atom is 0.350 e. The molecular weight excluding hydrogens is 3420 g/mol. The van der Waals surface area contributed by atoms with Gasteiger partial charge in [-0.05, 0) is 129 Å². The molecule has 0 radical (unpaired) electrons. The van der Waals surface area contributed by atoms with Crippen LogP contribution in [0.4, 0.5) is 4.79 Å². The van der Waals surface area contributed by atoms with Gasteiger partial charge in [0.1, 0.15) is 0 Å². The van der Waals surface area contributed by atoms with Crippen LogP contribution in [0.3, 0.4) is 0 Å². The molecule has 22 nitrogen and oxygen atoms in total. The van der Waals surface area contributed by atoms with E-state index in [9.17, 15) is 33.6 Å². The average molecular weight is 3530 g/mol. The molecule has 5 unspecified atom stereocenters. The number of carbonyl (C=O) groups excluding carboxylic acids is 2. The standard InChI is InChI=1S/2C8H14N3O2PS.C6H10N3O2PS.2C5H12.C4H11N2PS.C4H10.C3H8.C2ClNO2.C2H7N2PS.2CH4.I5.I4.I3.2I2.HI/c2*1-4-10-6(12)9-7(15-5-2)11(14-3)8(10)13;1-3-13-6-8-4(10)7-5(11)9(6)12-2;2*1-3-5-4-2;1-3-8-4(5)6-7-2;1-3-4-2;1-3-2;3-2(6)4-1-5;1-5-4-2(3)6;;;1-4-5(2)3;1-4(2)3;1-3-2;2*1-2;/h2*14H,4-5H2,1-3H3;12H,3H2,1-2H3,(H,7,10,11);2*3-5H2,1-2H3;7H,3H2,1-2H3,(H2,5,6);3-4H2,1-2H3;3H2,1-2H3;;5H,1H3,(H3,3,4,6);2*1H4;;;;;;1H/q;;;;;;;;;;;;-1;;-1;;;. The van der Waals surface area contributed by atoms with Crippen LogP contribution in [0.5, 0.6) is 0 Å². The number of unbranched alkanes of at least 4 members (excludes halogenated alkanes) is 5. The molecule has 0 aromatic carbocycles. The van der Waals surface area contributed by atoms with Crippen molar-refractivity contribution in [1.82, 2.24) is 47.2 Å². The van der Waals surface area contributed by atoms with Gasteiger partial charge >= 0.3 is 231 Å². The summed E-state index contributed by atoms with van der Waals surface area (Å²) in [6, 6.07) is 0. The topological polar surface area (TPSA) is 304 Å². The summed E-state index contributed by atoms with van der Waals surface area (Å²) in [4.78, 5) is 103. The van der Waals surface area contributed by atoms with Crippen molar-refractivity contribution < 1.29 is 36.1 Å². The fourth-order valence-electron chi connectivity index (χ4n) is 4.31. The largest absolute Gasteiger partial charge is 0.350 e. The Morgan fingerprint density at radius 3 is 1.09 bits per heavy atom. The van der Waals surface area contributed by atoms with Crippen molar-refractivity contribution in [1.29, 1.82) is 0 Å². The second-order valence-electron chi connectivity index (χ2n) is 14.7. The normalized spacial score (nSPS) is 9.72. The van der Waals surface area contributed by atoms with Crippen molar-refractivity contribution in [2.75, 3.05) is 56.3 Å². The Hall–Kier alpha value is 10.3. The van der Waals surface area contributed by atoms with E-state index in [-0.39, 0.29) is 80.4 Å². The van der Waals surface area contributed by atoms with Crippen LogP contribution >= 0.6 is 378 Å². The third kappa shape index (κ3) is 112. The quantitative estimate of drug-likeness (QED) is 0.00940. The zero-order chi connectivity index (χ0) is 78.0. The number of thiocarbonyl (C=S) groups is 1. The summed E-state index contributed by atoms with van der Waals surface area (Å²) in [5.74, 6) is 3.40. The minimum Gasteiger partial charge on any atom is -0.252 e. The fourth-order valence-corrected chi connectivity index (χ4v) is 10.8. The van der Waals surface area contributed by atoms with E-state index in [1.165, 1.54) is 97.4 Å². The van der Waals surface area contributed by atoms with Crippen LogP contribution in [0.2, 0.25) is 0 Å². The second kappa shape index (κ2) is 121. The molecule has 0 aliphatic heterocycles. The summed E-state index contributed by atoms with van der Waals surface area (Å²) in [7, 11) is 1.49. The number of halogens is 18. The summed E-state index contributed by atoms with van der Waals surface area (Å²) in [6.45, 7) is 39.3. The zero-order valence-electron chi connectivity index (χ0n) is 57.4. The van der Waals surface area contributed by atoms with Gasteiger partial charge in [-0.2, -0.15) is 15.0 Å². The van der Waals surface area contributed by atoms with E-state index in [1.807, 2.05) is 54.1 Å². The van der Waals surface area contributed by atoms with Crippen molar-refractivity contribution in [2.24, 2.45) is 21.2 Å². The number of aliphatic imine (C=N–C) groups is 1. The van der Waals surface area contributed by atoms with E-state index < -0.39 is 22.4 Å². The van der Waals surface area contributed by atoms with E-state index in [0.717, 1.165) is 38.2 Å². The van der Waals surface area contributed by atoms with Crippen molar-refractivity contribution in [3.63, 3.8) is 0 Å². The molecule has 0 saturated carbocycles. The van der Waals surface area contributed by atoms with E-state index in [4.69, 9.17) is 16.3 Å². The third-order valence-corrected chi connectivity index (χ3v) is 98.2. The first-order chi connectivity index (χ1) is 45.4. The number of nitrogens with one attached hydrogen (secondary N) is 2. The first-order valence-electron chi connectivity index (χ1n) is 27.8. The van der Waals surface area contributed by atoms with Gasteiger partial charge in [-0.15, -0.1) is 29.0 Å². The number of carbonyl (C=O) groups is 1. The fraction of sp³-hybridized carbons (Fsp3) is 0.735. The number of H-pyrrole nitrogens is 1. The van der Waals surface area contributed by atoms with Gasteiger partial charge in [-0.1, -0.05) is 203 Å². The molecule has 604 valence electrons. The molecule has 6 N–H and O–H groups in total. The first kappa shape index (κ1) is 144. The number of isocyanates is 1. The van der Waals surface area contributed by atoms with Crippen LogP contribution < -0.4 is 77.2 Å². The summed E-state index contributed by atoms with van der Waals surface area (Å²) in [5.41, 5.74) is 8.08. The molecule has 0 saturated heterocycles. The molecule has 99 heavy (non-hydrogen) atoms. The monoisotopic (exact) mass is 3530 g/mol. The van der Waals surface area contributed by atoms with E-state index in [2.05, 4.69) is 344 Å². The average Bonchev–Trinajstić information content (AvgIpc) is 0.832. The molecule has 0 fully saturated rings. The third-order valence-electron chi connectivity index (χ3n) is 7.85. The first-order valence-corrected chi connectivity index (χ1v) is 109. The molecule has 3 heterocycles. The number of nitrogens with two attached hydrogens (primary N) is 2. The summed E-state index contributed by atoms with van der Waals surface area (Å²) < 4.78 is 10.9. The smallest absolute Gasteiger partial charge is 0.252 e. The number of hydrogen-bond acceptors (Lipinski definition) is 17. The summed E-state index contributed by atoms with van der Waals surface area (Å²) in [6.07, 6.45) is 13.0.